The van der Waals surface area contributed by atoms with E-state index in [9.17, 15) is 12.8 Å². The van der Waals surface area contributed by atoms with Crippen molar-refractivity contribution < 1.29 is 12.8 Å². The minimum atomic E-state index is -3.40. The predicted octanol–water partition coefficient (Wildman–Crippen LogP) is 2.52. The van der Waals surface area contributed by atoms with Crippen LogP contribution in [-0.2, 0) is 21.3 Å². The van der Waals surface area contributed by atoms with E-state index in [1.807, 2.05) is 0 Å². The highest BCUT2D eigenvalue weighted by atomic mass is 32.2. The zero-order chi connectivity index (χ0) is 13.9. The lowest BCUT2D eigenvalue weighted by Gasteiger charge is -2.06. The Hall–Kier alpha value is -1.88. The van der Waals surface area contributed by atoms with Crippen molar-refractivity contribution in [2.75, 3.05) is 5.73 Å². The molecule has 0 fully saturated rings. The molecule has 5 heteroatoms. The molecule has 0 aliphatic carbocycles. The van der Waals surface area contributed by atoms with Crippen LogP contribution >= 0.6 is 0 Å². The summed E-state index contributed by atoms with van der Waals surface area (Å²) in [6.07, 6.45) is 0. The average Bonchev–Trinajstić information content (AvgIpc) is 2.35. The highest BCUT2D eigenvalue weighted by Crippen LogP contribution is 2.15. The first-order valence-electron chi connectivity index (χ1n) is 5.74. The van der Waals surface area contributed by atoms with E-state index in [0.717, 1.165) is 0 Å². The fourth-order valence-corrected chi connectivity index (χ4v) is 3.28. The normalized spacial score (nSPS) is 11.4. The third kappa shape index (κ3) is 3.79. The monoisotopic (exact) mass is 279 g/mol. The number of halogens is 1. The Morgan fingerprint density at radius 3 is 2.21 bits per heavy atom. The fourth-order valence-electron chi connectivity index (χ4n) is 1.77. The van der Waals surface area contributed by atoms with Crippen molar-refractivity contribution in [2.24, 2.45) is 0 Å². The van der Waals surface area contributed by atoms with E-state index in [0.29, 0.717) is 11.3 Å². The third-order valence-electron chi connectivity index (χ3n) is 2.70. The SMILES string of the molecule is Nc1ccc(CS(=O)(=O)Cc2ccccc2F)cc1. The van der Waals surface area contributed by atoms with Crippen LogP contribution in [0.15, 0.2) is 48.5 Å². The maximum atomic E-state index is 13.4. The van der Waals surface area contributed by atoms with Crippen LogP contribution in [0.25, 0.3) is 0 Å². The van der Waals surface area contributed by atoms with E-state index in [-0.39, 0.29) is 17.1 Å². The molecule has 0 unspecified atom stereocenters. The molecule has 19 heavy (non-hydrogen) atoms. The van der Waals surface area contributed by atoms with Gasteiger partial charge in [0.05, 0.1) is 11.5 Å². The van der Waals surface area contributed by atoms with Crippen molar-refractivity contribution in [1.29, 1.82) is 0 Å². The summed E-state index contributed by atoms with van der Waals surface area (Å²) < 4.78 is 37.4. The Morgan fingerprint density at radius 1 is 0.947 bits per heavy atom. The Kier molecular flexibility index (Phi) is 3.85. The highest BCUT2D eigenvalue weighted by Gasteiger charge is 2.15. The number of rotatable bonds is 4. The molecule has 0 atom stereocenters. The Morgan fingerprint density at radius 2 is 1.58 bits per heavy atom. The van der Waals surface area contributed by atoms with E-state index in [4.69, 9.17) is 5.73 Å². The summed E-state index contributed by atoms with van der Waals surface area (Å²) >= 11 is 0. The minimum absolute atomic E-state index is 0.123. The summed E-state index contributed by atoms with van der Waals surface area (Å²) in [5.74, 6) is -0.922. The van der Waals surface area contributed by atoms with Crippen molar-refractivity contribution >= 4 is 15.5 Å². The first kappa shape index (κ1) is 13.5. The van der Waals surface area contributed by atoms with Gasteiger partial charge in [0.15, 0.2) is 9.84 Å². The van der Waals surface area contributed by atoms with Gasteiger partial charge in [-0.3, -0.25) is 0 Å². The van der Waals surface area contributed by atoms with Crippen LogP contribution in [0.1, 0.15) is 11.1 Å². The molecule has 0 aromatic heterocycles. The van der Waals surface area contributed by atoms with Crippen molar-refractivity contribution in [3.63, 3.8) is 0 Å². The molecule has 2 rings (SSSR count). The smallest absolute Gasteiger partial charge is 0.158 e. The van der Waals surface area contributed by atoms with Crippen LogP contribution in [0, 0.1) is 5.82 Å². The Labute approximate surface area is 111 Å². The zero-order valence-electron chi connectivity index (χ0n) is 10.2. The molecule has 0 saturated heterocycles. The number of anilines is 1. The molecule has 2 N–H and O–H groups in total. The van der Waals surface area contributed by atoms with Crippen molar-refractivity contribution in [3.05, 3.63) is 65.5 Å². The van der Waals surface area contributed by atoms with E-state index in [1.54, 1.807) is 30.3 Å². The van der Waals surface area contributed by atoms with Gasteiger partial charge >= 0.3 is 0 Å². The molecule has 0 heterocycles. The maximum absolute atomic E-state index is 13.4. The van der Waals surface area contributed by atoms with Crippen molar-refractivity contribution in [2.45, 2.75) is 11.5 Å². The summed E-state index contributed by atoms with van der Waals surface area (Å²) in [6, 6.07) is 12.5. The fraction of sp³-hybridized carbons (Fsp3) is 0.143. The van der Waals surface area contributed by atoms with Gasteiger partial charge < -0.3 is 5.73 Å². The zero-order valence-corrected chi connectivity index (χ0v) is 11.0. The number of nitrogens with two attached hydrogens (primary N) is 1. The Balaban J connectivity index is 2.15. The molecule has 0 spiro atoms. The second-order valence-electron chi connectivity index (χ2n) is 4.37. The number of hydrogen-bond donors (Lipinski definition) is 1. The van der Waals surface area contributed by atoms with Gasteiger partial charge in [0.25, 0.3) is 0 Å². The van der Waals surface area contributed by atoms with Gasteiger partial charge in [0.1, 0.15) is 5.82 Å². The van der Waals surface area contributed by atoms with Gasteiger partial charge in [-0.2, -0.15) is 0 Å². The van der Waals surface area contributed by atoms with Crippen molar-refractivity contribution in [1.82, 2.24) is 0 Å². The van der Waals surface area contributed by atoms with Crippen LogP contribution in [-0.4, -0.2) is 8.42 Å². The molecule has 2 aromatic carbocycles. The number of hydrogen-bond acceptors (Lipinski definition) is 3. The van der Waals surface area contributed by atoms with Crippen LogP contribution in [0.3, 0.4) is 0 Å². The van der Waals surface area contributed by atoms with E-state index >= 15 is 0 Å². The van der Waals surface area contributed by atoms with Gasteiger partial charge in [0, 0.05) is 11.3 Å². The molecule has 2 aromatic rings. The topological polar surface area (TPSA) is 60.2 Å². The third-order valence-corrected chi connectivity index (χ3v) is 4.22. The molecule has 0 aliphatic rings. The van der Waals surface area contributed by atoms with Gasteiger partial charge in [0.2, 0.25) is 0 Å². The van der Waals surface area contributed by atoms with E-state index in [1.165, 1.54) is 18.2 Å². The quantitative estimate of drug-likeness (QED) is 0.875. The van der Waals surface area contributed by atoms with Gasteiger partial charge in [-0.05, 0) is 23.8 Å². The summed E-state index contributed by atoms with van der Waals surface area (Å²) in [5.41, 5.74) is 6.95. The van der Waals surface area contributed by atoms with Gasteiger partial charge in [-0.25, -0.2) is 12.8 Å². The molecular weight excluding hydrogens is 265 g/mol. The number of sulfone groups is 1. The largest absolute Gasteiger partial charge is 0.399 e. The predicted molar refractivity (Wildman–Crippen MR) is 73.6 cm³/mol. The molecule has 0 aliphatic heterocycles. The summed E-state index contributed by atoms with van der Waals surface area (Å²) in [7, 11) is -3.40. The first-order chi connectivity index (χ1) is 8.96. The van der Waals surface area contributed by atoms with Gasteiger partial charge in [-0.15, -0.1) is 0 Å². The maximum Gasteiger partial charge on any atom is 0.158 e. The number of nitrogen functional groups attached to an aromatic ring is 1. The average molecular weight is 279 g/mol. The lowest BCUT2D eigenvalue weighted by atomic mass is 10.2. The van der Waals surface area contributed by atoms with Crippen LogP contribution in [0.4, 0.5) is 10.1 Å². The second kappa shape index (κ2) is 5.40. The molecule has 0 saturated carbocycles. The molecule has 100 valence electrons. The molecule has 0 bridgehead atoms. The first-order valence-corrected chi connectivity index (χ1v) is 7.57. The van der Waals surface area contributed by atoms with Gasteiger partial charge in [-0.1, -0.05) is 30.3 Å². The highest BCUT2D eigenvalue weighted by molar-refractivity contribution is 7.89. The van der Waals surface area contributed by atoms with E-state index in [2.05, 4.69) is 0 Å². The van der Waals surface area contributed by atoms with Crippen molar-refractivity contribution in [3.8, 4) is 0 Å². The summed E-state index contributed by atoms with van der Waals surface area (Å²) in [4.78, 5) is 0. The summed E-state index contributed by atoms with van der Waals surface area (Å²) in [6.45, 7) is 0. The van der Waals surface area contributed by atoms with E-state index < -0.39 is 15.7 Å². The molecular formula is C14H14FNO2S. The van der Waals surface area contributed by atoms with Crippen LogP contribution in [0.2, 0.25) is 0 Å². The minimum Gasteiger partial charge on any atom is -0.399 e. The van der Waals surface area contributed by atoms with Crippen LogP contribution < -0.4 is 5.73 Å². The number of benzene rings is 2. The standard InChI is InChI=1S/C14H14FNO2S/c15-14-4-2-1-3-12(14)10-19(17,18)9-11-5-7-13(16)8-6-11/h1-8H,9-10,16H2. The second-order valence-corrected chi connectivity index (χ2v) is 6.43. The lowest BCUT2D eigenvalue weighted by molar-refractivity contribution is 0.586. The molecule has 0 radical (unpaired) electrons. The van der Waals surface area contributed by atoms with Crippen LogP contribution in [0.5, 0.6) is 0 Å². The Bertz CT molecular complexity index is 666. The summed E-state index contributed by atoms with van der Waals surface area (Å²) in [5, 5.41) is 0. The molecule has 3 nitrogen and oxygen atoms in total. The lowest BCUT2D eigenvalue weighted by Crippen LogP contribution is -2.08. The molecule has 0 amide bonds.